The highest BCUT2D eigenvalue weighted by Gasteiger charge is 2.46. The molecule has 0 aromatic heterocycles. The first-order chi connectivity index (χ1) is 16.0. The average molecular weight is 444 g/mol. The van der Waals surface area contributed by atoms with Crippen LogP contribution in [0.1, 0.15) is 22.3 Å². The van der Waals surface area contributed by atoms with Crippen molar-refractivity contribution in [1.82, 2.24) is 4.90 Å². The lowest BCUT2D eigenvalue weighted by Crippen LogP contribution is -2.36. The Bertz CT molecular complexity index is 1140. The number of carbonyl (C=O) groups excluding carboxylic acids is 3. The third kappa shape index (κ3) is 4.57. The molecule has 1 unspecified atom stereocenters. The van der Waals surface area contributed by atoms with Crippen molar-refractivity contribution < 1.29 is 23.9 Å². The zero-order chi connectivity index (χ0) is 23.4. The predicted octanol–water partition coefficient (Wildman–Crippen LogP) is 4.31. The molecule has 1 aliphatic rings. The molecule has 0 N–H and O–H groups in total. The number of methoxy groups -OCH3 is 2. The number of ketones is 1. The van der Waals surface area contributed by atoms with Crippen LogP contribution in [0.2, 0.25) is 0 Å². The number of hydrogen-bond acceptors (Lipinski definition) is 5. The molecule has 1 aliphatic heterocycles. The van der Waals surface area contributed by atoms with Gasteiger partial charge in [-0.1, -0.05) is 30.3 Å². The topological polar surface area (TPSA) is 76.1 Å². The van der Waals surface area contributed by atoms with Gasteiger partial charge in [0, 0.05) is 18.5 Å². The third-order valence-electron chi connectivity index (χ3n) is 5.64. The molecule has 1 atom stereocenters. The number of nitrogens with zero attached hydrogens (tertiary/aromatic N) is 2. The fourth-order valence-corrected chi connectivity index (χ4v) is 3.83. The van der Waals surface area contributed by atoms with Gasteiger partial charge in [-0.3, -0.25) is 9.59 Å². The monoisotopic (exact) mass is 444 g/mol. The van der Waals surface area contributed by atoms with Gasteiger partial charge in [0.1, 0.15) is 17.5 Å². The molecular weight excluding hydrogens is 420 g/mol. The number of Topliss-reactive ketones (excluding diaryl/α,β-unsaturated/α-hetero) is 1. The van der Waals surface area contributed by atoms with E-state index in [1.54, 1.807) is 62.8 Å². The lowest BCUT2D eigenvalue weighted by atomic mass is 10.0. The molecule has 33 heavy (non-hydrogen) atoms. The zero-order valence-electron chi connectivity index (χ0n) is 18.4. The van der Waals surface area contributed by atoms with E-state index < -0.39 is 18.0 Å². The largest absolute Gasteiger partial charge is 0.497 e. The maximum absolute atomic E-state index is 13.4. The Balaban J connectivity index is 1.63. The maximum atomic E-state index is 13.4. The van der Waals surface area contributed by atoms with Gasteiger partial charge < -0.3 is 14.4 Å². The summed E-state index contributed by atoms with van der Waals surface area (Å²) in [5.41, 5.74) is 1.76. The molecule has 4 rings (SSSR count). The summed E-state index contributed by atoms with van der Waals surface area (Å²) in [4.78, 5) is 42.4. The van der Waals surface area contributed by atoms with Crippen LogP contribution in [0.3, 0.4) is 0 Å². The van der Waals surface area contributed by atoms with Crippen molar-refractivity contribution in [3.8, 4) is 11.5 Å². The van der Waals surface area contributed by atoms with E-state index in [4.69, 9.17) is 9.47 Å². The fraction of sp³-hybridized carbons (Fsp3) is 0.192. The quantitative estimate of drug-likeness (QED) is 0.382. The number of amides is 3. The zero-order valence-corrected chi connectivity index (χ0v) is 18.4. The van der Waals surface area contributed by atoms with Gasteiger partial charge in [-0.25, -0.2) is 9.69 Å². The van der Waals surface area contributed by atoms with Crippen molar-refractivity contribution in [2.75, 3.05) is 19.1 Å². The van der Waals surface area contributed by atoms with Crippen LogP contribution < -0.4 is 14.4 Å². The molecule has 7 nitrogen and oxygen atoms in total. The molecule has 168 valence electrons. The lowest BCUT2D eigenvalue weighted by Gasteiger charge is -2.21. The van der Waals surface area contributed by atoms with E-state index in [0.29, 0.717) is 22.7 Å². The molecule has 0 spiro atoms. The molecule has 1 saturated heterocycles. The summed E-state index contributed by atoms with van der Waals surface area (Å²) in [6.45, 7) is 0.221. The number of imide groups is 1. The van der Waals surface area contributed by atoms with Crippen molar-refractivity contribution in [1.29, 1.82) is 0 Å². The van der Waals surface area contributed by atoms with Crippen LogP contribution >= 0.6 is 0 Å². The molecule has 3 aromatic carbocycles. The van der Waals surface area contributed by atoms with Crippen LogP contribution in [0, 0.1) is 0 Å². The minimum absolute atomic E-state index is 0.115. The maximum Gasteiger partial charge on any atom is 0.332 e. The first kappa shape index (κ1) is 22.1. The molecule has 3 amide bonds. The summed E-state index contributed by atoms with van der Waals surface area (Å²) in [5.74, 6) is 0.599. The van der Waals surface area contributed by atoms with Crippen LogP contribution in [-0.2, 0) is 11.3 Å². The van der Waals surface area contributed by atoms with E-state index in [-0.39, 0.29) is 18.7 Å². The summed E-state index contributed by atoms with van der Waals surface area (Å²) < 4.78 is 10.3. The van der Waals surface area contributed by atoms with Crippen molar-refractivity contribution in [3.05, 3.63) is 90.0 Å². The number of benzene rings is 3. The lowest BCUT2D eigenvalue weighted by molar-refractivity contribution is -0.119. The SMILES string of the molecule is COc1ccc(C(=O)CC2C(=O)N(c3ccc(OC)cc3)C(=O)N2Cc2ccccc2)cc1. The van der Waals surface area contributed by atoms with Gasteiger partial charge in [0.15, 0.2) is 5.78 Å². The van der Waals surface area contributed by atoms with E-state index in [1.807, 2.05) is 30.3 Å². The number of urea groups is 1. The van der Waals surface area contributed by atoms with E-state index in [9.17, 15) is 14.4 Å². The molecule has 1 heterocycles. The molecule has 0 radical (unpaired) electrons. The van der Waals surface area contributed by atoms with Gasteiger partial charge >= 0.3 is 6.03 Å². The Labute approximate surface area is 192 Å². The highest BCUT2D eigenvalue weighted by molar-refractivity contribution is 6.22. The Kier molecular flexibility index (Phi) is 6.40. The van der Waals surface area contributed by atoms with Gasteiger partial charge in [-0.2, -0.15) is 0 Å². The average Bonchev–Trinajstić information content (AvgIpc) is 3.08. The number of anilines is 1. The summed E-state index contributed by atoms with van der Waals surface area (Å²) in [6.07, 6.45) is -0.115. The van der Waals surface area contributed by atoms with Crippen LogP contribution in [0.4, 0.5) is 10.5 Å². The summed E-state index contributed by atoms with van der Waals surface area (Å²) in [7, 11) is 3.10. The Hall–Kier alpha value is -4.13. The minimum atomic E-state index is -0.908. The van der Waals surface area contributed by atoms with Gasteiger partial charge in [-0.05, 0) is 54.1 Å². The van der Waals surface area contributed by atoms with Gasteiger partial charge in [-0.15, -0.1) is 0 Å². The standard InChI is InChI=1S/C26H24N2O5/c1-32-21-12-8-19(9-13-21)24(29)16-23-25(30)28(20-10-14-22(33-2)15-11-20)26(31)27(23)17-18-6-4-3-5-7-18/h3-15,23H,16-17H2,1-2H3. The van der Waals surface area contributed by atoms with Crippen LogP contribution in [0.25, 0.3) is 0 Å². The van der Waals surface area contributed by atoms with Crippen molar-refractivity contribution in [2.45, 2.75) is 19.0 Å². The molecule has 1 fully saturated rings. The van der Waals surface area contributed by atoms with Crippen molar-refractivity contribution in [3.63, 3.8) is 0 Å². The van der Waals surface area contributed by atoms with E-state index in [2.05, 4.69) is 0 Å². The summed E-state index contributed by atoms with van der Waals surface area (Å²) in [5, 5.41) is 0. The van der Waals surface area contributed by atoms with E-state index >= 15 is 0 Å². The Morgan fingerprint density at radius 3 is 1.97 bits per heavy atom. The molecule has 3 aromatic rings. The normalized spacial score (nSPS) is 15.6. The van der Waals surface area contributed by atoms with Crippen LogP contribution in [0.15, 0.2) is 78.9 Å². The van der Waals surface area contributed by atoms with Crippen molar-refractivity contribution >= 4 is 23.4 Å². The highest BCUT2D eigenvalue weighted by Crippen LogP contribution is 2.30. The number of carbonyl (C=O) groups is 3. The second-order valence-electron chi connectivity index (χ2n) is 7.64. The van der Waals surface area contributed by atoms with E-state index in [0.717, 1.165) is 10.5 Å². The van der Waals surface area contributed by atoms with Gasteiger partial charge in [0.2, 0.25) is 0 Å². The van der Waals surface area contributed by atoms with Gasteiger partial charge in [0.25, 0.3) is 5.91 Å². The third-order valence-corrected chi connectivity index (χ3v) is 5.64. The number of hydrogen-bond donors (Lipinski definition) is 0. The van der Waals surface area contributed by atoms with Crippen LogP contribution in [-0.4, -0.2) is 42.9 Å². The summed E-state index contributed by atoms with van der Waals surface area (Å²) in [6, 6.07) is 21.4. The molecule has 7 heteroatoms. The first-order valence-corrected chi connectivity index (χ1v) is 10.5. The number of rotatable bonds is 8. The Morgan fingerprint density at radius 1 is 0.818 bits per heavy atom. The van der Waals surface area contributed by atoms with Crippen molar-refractivity contribution in [2.24, 2.45) is 0 Å². The molecule has 0 bridgehead atoms. The fourth-order valence-electron chi connectivity index (χ4n) is 3.83. The molecular formula is C26H24N2O5. The Morgan fingerprint density at radius 2 is 1.39 bits per heavy atom. The first-order valence-electron chi connectivity index (χ1n) is 10.5. The molecule has 0 saturated carbocycles. The highest BCUT2D eigenvalue weighted by atomic mass is 16.5. The predicted molar refractivity (Wildman–Crippen MR) is 124 cm³/mol. The number of ether oxygens (including phenoxy) is 2. The second-order valence-corrected chi connectivity index (χ2v) is 7.64. The van der Waals surface area contributed by atoms with E-state index in [1.165, 1.54) is 4.90 Å². The minimum Gasteiger partial charge on any atom is -0.497 e. The van der Waals surface area contributed by atoms with Gasteiger partial charge in [0.05, 0.1) is 19.9 Å². The molecule has 0 aliphatic carbocycles. The smallest absolute Gasteiger partial charge is 0.332 e. The summed E-state index contributed by atoms with van der Waals surface area (Å²) >= 11 is 0. The second kappa shape index (κ2) is 9.56. The van der Waals surface area contributed by atoms with Crippen LogP contribution in [0.5, 0.6) is 11.5 Å².